The minimum Gasteiger partial charge on any atom is -0.349 e. The number of carbonyl (C=O) groups is 1. The molecule has 1 N–H and O–H groups in total. The molecule has 98 valence electrons. The fraction of sp³-hybridized carbons (Fsp3) is 0.200. The second-order valence-electron chi connectivity index (χ2n) is 4.38. The molecule has 1 aromatic heterocycles. The summed E-state index contributed by atoms with van der Waals surface area (Å²) in [6.45, 7) is 1.90. The Bertz CT molecular complexity index is 540. The van der Waals surface area contributed by atoms with Gasteiger partial charge in [-0.3, -0.25) is 9.78 Å². The molecule has 2 aromatic rings. The molecule has 0 aliphatic heterocycles. The summed E-state index contributed by atoms with van der Waals surface area (Å²) in [7, 11) is 0. The van der Waals surface area contributed by atoms with E-state index in [1.165, 1.54) is 12.1 Å². The fourth-order valence-electron chi connectivity index (χ4n) is 1.80. The summed E-state index contributed by atoms with van der Waals surface area (Å²) in [5.74, 6) is -0.393. The number of benzene rings is 1. The lowest BCUT2D eigenvalue weighted by Crippen LogP contribution is -2.28. The maximum atomic E-state index is 12.7. The van der Waals surface area contributed by atoms with E-state index in [0.29, 0.717) is 0 Å². The van der Waals surface area contributed by atoms with Gasteiger partial charge >= 0.3 is 0 Å². The van der Waals surface area contributed by atoms with Crippen molar-refractivity contribution in [2.24, 2.45) is 0 Å². The van der Waals surface area contributed by atoms with E-state index >= 15 is 0 Å². The third-order valence-corrected chi connectivity index (χ3v) is 2.84. The number of nitrogens with one attached hydrogen (secondary N) is 1. The maximum absolute atomic E-state index is 12.7. The van der Waals surface area contributed by atoms with Crippen molar-refractivity contribution in [3.8, 4) is 0 Å². The van der Waals surface area contributed by atoms with E-state index in [-0.39, 0.29) is 24.2 Å². The van der Waals surface area contributed by atoms with Gasteiger partial charge in [-0.1, -0.05) is 18.2 Å². The van der Waals surface area contributed by atoms with Gasteiger partial charge in [-0.25, -0.2) is 4.39 Å². The molecule has 19 heavy (non-hydrogen) atoms. The van der Waals surface area contributed by atoms with Gasteiger partial charge in [-0.05, 0) is 36.2 Å². The second kappa shape index (κ2) is 6.09. The van der Waals surface area contributed by atoms with Crippen molar-refractivity contribution in [3.63, 3.8) is 0 Å². The van der Waals surface area contributed by atoms with Crippen LogP contribution in [0.1, 0.15) is 24.1 Å². The van der Waals surface area contributed by atoms with Crippen LogP contribution in [0.25, 0.3) is 0 Å². The van der Waals surface area contributed by atoms with Gasteiger partial charge in [0.1, 0.15) is 5.82 Å². The van der Waals surface area contributed by atoms with Crippen molar-refractivity contribution in [1.82, 2.24) is 10.3 Å². The molecule has 1 aromatic carbocycles. The van der Waals surface area contributed by atoms with Crippen molar-refractivity contribution in [3.05, 3.63) is 65.7 Å². The van der Waals surface area contributed by atoms with E-state index in [0.717, 1.165) is 11.1 Å². The molecule has 3 nitrogen and oxygen atoms in total. The highest BCUT2D eigenvalue weighted by atomic mass is 19.1. The lowest BCUT2D eigenvalue weighted by atomic mass is 10.1. The lowest BCUT2D eigenvalue weighted by molar-refractivity contribution is -0.121. The summed E-state index contributed by atoms with van der Waals surface area (Å²) >= 11 is 0. The molecular weight excluding hydrogens is 243 g/mol. The highest BCUT2D eigenvalue weighted by Gasteiger charge is 2.10. The minimum absolute atomic E-state index is 0.0945. The number of halogens is 1. The summed E-state index contributed by atoms with van der Waals surface area (Å²) in [4.78, 5) is 15.9. The van der Waals surface area contributed by atoms with Gasteiger partial charge in [0.25, 0.3) is 0 Å². The van der Waals surface area contributed by atoms with Gasteiger partial charge in [-0.2, -0.15) is 0 Å². The predicted octanol–water partition coefficient (Wildman–Crippen LogP) is 2.64. The van der Waals surface area contributed by atoms with Crippen molar-refractivity contribution >= 4 is 5.91 Å². The van der Waals surface area contributed by atoms with Crippen molar-refractivity contribution in [2.75, 3.05) is 0 Å². The Labute approximate surface area is 111 Å². The smallest absolute Gasteiger partial charge is 0.224 e. The molecule has 4 heteroatoms. The zero-order chi connectivity index (χ0) is 13.7. The molecule has 2 rings (SSSR count). The summed E-state index contributed by atoms with van der Waals surface area (Å²) in [5.41, 5.74) is 1.74. The Balaban J connectivity index is 1.93. The van der Waals surface area contributed by atoms with Gasteiger partial charge in [0.15, 0.2) is 0 Å². The van der Waals surface area contributed by atoms with Crippen LogP contribution in [-0.2, 0) is 11.2 Å². The van der Waals surface area contributed by atoms with Crippen LogP contribution in [0, 0.1) is 5.82 Å². The van der Waals surface area contributed by atoms with Gasteiger partial charge in [-0.15, -0.1) is 0 Å². The van der Waals surface area contributed by atoms with Crippen LogP contribution in [0.5, 0.6) is 0 Å². The van der Waals surface area contributed by atoms with E-state index in [2.05, 4.69) is 10.3 Å². The molecule has 0 bridgehead atoms. The molecule has 1 heterocycles. The summed E-state index contributed by atoms with van der Waals surface area (Å²) in [5, 5.41) is 2.89. The van der Waals surface area contributed by atoms with Gasteiger partial charge in [0, 0.05) is 12.4 Å². The molecular formula is C15H15FN2O. The van der Waals surface area contributed by atoms with Gasteiger partial charge in [0.2, 0.25) is 5.91 Å². The Morgan fingerprint density at radius 3 is 2.68 bits per heavy atom. The number of hydrogen-bond donors (Lipinski definition) is 1. The number of carbonyl (C=O) groups excluding carboxylic acids is 1. The third-order valence-electron chi connectivity index (χ3n) is 2.84. The average Bonchev–Trinajstić information content (AvgIpc) is 2.42. The van der Waals surface area contributed by atoms with E-state index in [1.807, 2.05) is 19.1 Å². The average molecular weight is 258 g/mol. The van der Waals surface area contributed by atoms with Crippen LogP contribution in [0.15, 0.2) is 48.8 Å². The van der Waals surface area contributed by atoms with Gasteiger partial charge in [0.05, 0.1) is 12.5 Å². The Morgan fingerprint density at radius 2 is 2.05 bits per heavy atom. The zero-order valence-electron chi connectivity index (χ0n) is 10.6. The first kappa shape index (κ1) is 13.2. The zero-order valence-corrected chi connectivity index (χ0v) is 10.6. The summed E-state index contributed by atoms with van der Waals surface area (Å²) in [6, 6.07) is 9.59. The van der Waals surface area contributed by atoms with Crippen LogP contribution in [0.3, 0.4) is 0 Å². The van der Waals surface area contributed by atoms with Crippen molar-refractivity contribution < 1.29 is 9.18 Å². The molecule has 0 aliphatic carbocycles. The van der Waals surface area contributed by atoms with Crippen molar-refractivity contribution in [1.29, 1.82) is 0 Å². The Hall–Kier alpha value is -2.23. The number of pyridine rings is 1. The molecule has 0 radical (unpaired) electrons. The third kappa shape index (κ3) is 3.88. The molecule has 1 unspecified atom stereocenters. The normalized spacial score (nSPS) is 11.9. The molecule has 1 atom stereocenters. The fourth-order valence-corrected chi connectivity index (χ4v) is 1.80. The molecule has 0 spiro atoms. The number of amides is 1. The Morgan fingerprint density at radius 1 is 1.32 bits per heavy atom. The van der Waals surface area contributed by atoms with E-state index in [9.17, 15) is 9.18 Å². The summed E-state index contributed by atoms with van der Waals surface area (Å²) in [6.07, 6.45) is 3.66. The first-order valence-corrected chi connectivity index (χ1v) is 6.09. The van der Waals surface area contributed by atoms with E-state index in [4.69, 9.17) is 0 Å². The topological polar surface area (TPSA) is 42.0 Å². The van der Waals surface area contributed by atoms with E-state index < -0.39 is 0 Å². The molecule has 1 amide bonds. The number of hydrogen-bond acceptors (Lipinski definition) is 2. The van der Waals surface area contributed by atoms with Gasteiger partial charge < -0.3 is 5.32 Å². The number of nitrogens with zero attached hydrogens (tertiary/aromatic N) is 1. The summed E-state index contributed by atoms with van der Waals surface area (Å²) < 4.78 is 12.7. The molecule has 0 saturated carbocycles. The largest absolute Gasteiger partial charge is 0.349 e. The van der Waals surface area contributed by atoms with Crippen molar-refractivity contribution in [2.45, 2.75) is 19.4 Å². The molecule has 0 fully saturated rings. The Kier molecular flexibility index (Phi) is 4.23. The maximum Gasteiger partial charge on any atom is 0.224 e. The first-order valence-electron chi connectivity index (χ1n) is 6.09. The van der Waals surface area contributed by atoms with Crippen LogP contribution < -0.4 is 5.32 Å². The van der Waals surface area contributed by atoms with Crippen LogP contribution in [-0.4, -0.2) is 10.9 Å². The minimum atomic E-state index is -0.298. The lowest BCUT2D eigenvalue weighted by Gasteiger charge is -2.13. The number of aromatic nitrogens is 1. The SMILES string of the molecule is CC(NC(=O)Cc1ccc(F)cc1)c1cccnc1. The quantitative estimate of drug-likeness (QED) is 0.916. The molecule has 0 saturated heterocycles. The monoisotopic (exact) mass is 258 g/mol. The number of rotatable bonds is 4. The second-order valence-corrected chi connectivity index (χ2v) is 4.38. The molecule has 0 aliphatic rings. The van der Waals surface area contributed by atoms with Crippen LogP contribution >= 0.6 is 0 Å². The standard InChI is InChI=1S/C15H15FN2O/c1-11(13-3-2-8-17-10-13)18-15(19)9-12-4-6-14(16)7-5-12/h2-8,10-11H,9H2,1H3,(H,18,19). The predicted molar refractivity (Wildman–Crippen MR) is 70.9 cm³/mol. The first-order chi connectivity index (χ1) is 9.15. The van der Waals surface area contributed by atoms with Crippen LogP contribution in [0.4, 0.5) is 4.39 Å². The van der Waals surface area contributed by atoms with E-state index in [1.54, 1.807) is 24.5 Å². The highest BCUT2D eigenvalue weighted by molar-refractivity contribution is 5.78. The highest BCUT2D eigenvalue weighted by Crippen LogP contribution is 2.10. The van der Waals surface area contributed by atoms with Crippen LogP contribution in [0.2, 0.25) is 0 Å².